The summed E-state index contributed by atoms with van der Waals surface area (Å²) in [5.74, 6) is 3.60. The minimum absolute atomic E-state index is 0.0113. The highest BCUT2D eigenvalue weighted by atomic mass is 32.2. The number of nitrogen functional groups attached to an aromatic ring is 4. The van der Waals surface area contributed by atoms with Gasteiger partial charge in [-0.15, -0.1) is 90.7 Å². The van der Waals surface area contributed by atoms with Gasteiger partial charge in [-0.05, 0) is 144 Å². The maximum Gasteiger partial charge on any atom is 0.469 e. The van der Waals surface area contributed by atoms with Gasteiger partial charge in [0.25, 0.3) is 0 Å². The fraction of sp³-hybridized carbons (Fsp3) is 0.290. The number of fused-ring (bicyclic) bond motifs is 4. The average molecular weight is 2080 g/mol. The molecule has 0 spiro atoms. The van der Waals surface area contributed by atoms with Gasteiger partial charge in [0.1, 0.15) is 104 Å². The predicted molar refractivity (Wildman–Crippen MR) is 563 cm³/mol. The Morgan fingerprint density at radius 3 is 1.01 bits per heavy atom. The molecule has 0 fully saturated rings. The lowest BCUT2D eigenvalue weighted by molar-refractivity contribution is -0.121. The summed E-state index contributed by atoms with van der Waals surface area (Å²) < 4.78 is 80.7. The molecule has 16 rings (SSSR count). The monoisotopic (exact) mass is 2080 g/mol. The molecule has 30 nitrogen and oxygen atoms in total. The first-order valence-corrected chi connectivity index (χ1v) is 57.0. The quantitative estimate of drug-likeness (QED) is 0.0125. The third kappa shape index (κ3) is 26.9. The molecule has 12 heterocycles. The first-order valence-electron chi connectivity index (χ1n) is 43.4. The third-order valence-electron chi connectivity index (χ3n) is 20.5. The smallest absolute Gasteiger partial charge is 0.469 e. The standard InChI is InChI=1S/C25H29N5O2S3.C24H27N5O3S3.C22H24N4O2S3.C22H24N3O6PS3/c1-4-5-12-35(32)25-22(26)21-18(13-19(29-24(21)34-25)23-27-10-11-33-23)17-8-6-16(7-9-17)14-28-20(31)15-30(2)3;1-2-3-12-35(32)23-20(25)19-17(13-18(29-22(19)34-23)21-26-9-11-33-21)16-6-4-15(5-7-16)14-28-24(31)27-8-10-30;1-2-3-12-31(27)22-19(24)18-16(14-4-6-15(7-5-14)28-10-8-23)13-17(26-21(18)30-22)20-25-9-11-29-20;1-2-3-12-35(29)22-19(23)18-16(13-17(25-21(18)34-22)20-24-8-11-33-20)14-4-6-15(7-5-14)30-9-10-31-32(26,27)28/h6-11,13H,4-5,12,14-15,26H2,1-3H3,(H,28,31);4-7,9,11,13,30H,2-3,8,10,12,14,25H2,1H3,(H2,27,28,31);4-7,9,11,13H,2-3,8,10,12,23-24H2,1H3;4-8,11,13H,2-3,9-10,12,23H2,1H3,(H2,26,27,28). The Labute approximate surface area is 828 Å². The Kier molecular flexibility index (Phi) is 38.0. The van der Waals surface area contributed by atoms with Gasteiger partial charge in [-0.25, -0.2) is 49.2 Å². The molecule has 4 atom stereocenters. The van der Waals surface area contributed by atoms with Gasteiger partial charge < -0.3 is 73.9 Å². The molecule has 0 aliphatic carbocycles. The summed E-state index contributed by atoms with van der Waals surface area (Å²) in [6, 6.07) is 38.6. The van der Waals surface area contributed by atoms with E-state index in [4.69, 9.17) is 73.0 Å². The van der Waals surface area contributed by atoms with Crippen molar-refractivity contribution in [1.82, 2.24) is 60.7 Å². The van der Waals surface area contributed by atoms with Crippen molar-refractivity contribution in [2.24, 2.45) is 5.73 Å². The lowest BCUT2D eigenvalue weighted by atomic mass is 10.0. The van der Waals surface area contributed by atoms with Crippen molar-refractivity contribution in [2.75, 3.05) is 106 Å². The number of anilines is 4. The summed E-state index contributed by atoms with van der Waals surface area (Å²) in [6.45, 7) is 10.3. The number of phosphoric acid groups is 1. The number of hydrogen-bond donors (Lipinski definition) is 11. The lowest BCUT2D eigenvalue weighted by Gasteiger charge is -2.11. The fourth-order valence-corrected chi connectivity index (χ4v) is 27.7. The number of nitrogens with one attached hydrogen (secondary N) is 3. The maximum atomic E-state index is 13.0. The van der Waals surface area contributed by atoms with E-state index < -0.39 is 51.0 Å². The van der Waals surface area contributed by atoms with Crippen LogP contribution in [0.4, 0.5) is 27.5 Å². The highest BCUT2D eigenvalue weighted by molar-refractivity contribution is 7.88. The number of aromatic nitrogens is 8. The maximum absolute atomic E-state index is 13.0. The number of unbranched alkanes of at least 4 members (excludes halogenated alkanes) is 4. The fourth-order valence-electron chi connectivity index (χ4n) is 13.8. The number of hydrogen-bond acceptors (Lipinski definition) is 33. The van der Waals surface area contributed by atoms with Crippen LogP contribution in [0.15, 0.2) is 184 Å². The number of urea groups is 1. The molecule has 16 aromatic rings. The molecule has 3 amide bonds. The molecule has 12 aromatic heterocycles. The van der Waals surface area contributed by atoms with Crippen molar-refractivity contribution in [3.63, 3.8) is 0 Å². The number of amides is 3. The van der Waals surface area contributed by atoms with Crippen LogP contribution in [0.2, 0.25) is 0 Å². The Morgan fingerprint density at radius 1 is 0.434 bits per heavy atom. The van der Waals surface area contributed by atoms with Crippen LogP contribution in [-0.2, 0) is 70.2 Å². The minimum Gasteiger partial charge on any atom is -0.492 e. The van der Waals surface area contributed by atoms with Crippen LogP contribution >= 0.6 is 98.5 Å². The van der Waals surface area contributed by atoms with Crippen molar-refractivity contribution in [1.29, 1.82) is 0 Å². The first kappa shape index (κ1) is 103. The van der Waals surface area contributed by atoms with E-state index in [0.29, 0.717) is 112 Å². The highest BCUT2D eigenvalue weighted by Gasteiger charge is 2.28. The number of benzene rings is 4. The number of pyridine rings is 4. The Morgan fingerprint density at radius 2 is 0.735 bits per heavy atom. The normalized spacial score (nSPS) is 12.4. The lowest BCUT2D eigenvalue weighted by Crippen LogP contribution is -2.36. The van der Waals surface area contributed by atoms with Gasteiger partial charge in [0.15, 0.2) is 0 Å². The molecular weight excluding hydrogens is 1980 g/mol. The number of phosphoric ester groups is 1. The third-order valence-corrected chi connectivity index (χ3v) is 36.2. The first-order chi connectivity index (χ1) is 65.8. The number of thiazole rings is 4. The molecule has 4 aromatic carbocycles. The Bertz CT molecular complexity index is 6840. The molecule has 0 bridgehead atoms. The molecule has 43 heteroatoms. The van der Waals surface area contributed by atoms with Gasteiger partial charge in [-0.2, -0.15) is 0 Å². The summed E-state index contributed by atoms with van der Waals surface area (Å²) in [6.07, 6.45) is 14.4. The molecule has 0 aliphatic heterocycles. The van der Waals surface area contributed by atoms with Crippen molar-refractivity contribution in [3.05, 3.63) is 179 Å². The van der Waals surface area contributed by atoms with E-state index >= 15 is 0 Å². The largest absolute Gasteiger partial charge is 0.492 e. The van der Waals surface area contributed by atoms with Gasteiger partial charge in [0, 0.05) is 117 Å². The van der Waals surface area contributed by atoms with Gasteiger partial charge >= 0.3 is 13.9 Å². The molecular formula is C93H104N17O13PS12. The topological polar surface area (TPSA) is 480 Å². The molecule has 0 radical (unpaired) electrons. The Hall–Kier alpha value is -10.0. The molecule has 0 saturated heterocycles. The van der Waals surface area contributed by atoms with E-state index in [1.807, 2.05) is 150 Å². The molecule has 0 aliphatic rings. The van der Waals surface area contributed by atoms with E-state index in [1.165, 1.54) is 90.7 Å². The van der Waals surface area contributed by atoms with Crippen LogP contribution in [0.5, 0.6) is 11.5 Å². The van der Waals surface area contributed by atoms with E-state index in [9.17, 15) is 31.0 Å². The van der Waals surface area contributed by atoms with Gasteiger partial charge in [0.05, 0.1) is 85.7 Å². The summed E-state index contributed by atoms with van der Waals surface area (Å²) in [4.78, 5) is 83.0. The number of aliphatic hydroxyl groups excluding tert-OH is 1. The van der Waals surface area contributed by atoms with E-state index in [0.717, 1.165) is 186 Å². The molecule has 0 saturated carbocycles. The van der Waals surface area contributed by atoms with E-state index in [2.05, 4.69) is 68.1 Å². The number of carbonyl (C=O) groups excluding carboxylic acids is 2. The zero-order valence-electron chi connectivity index (χ0n) is 75.2. The van der Waals surface area contributed by atoms with Crippen LogP contribution in [-0.4, -0.2) is 172 Å². The van der Waals surface area contributed by atoms with Crippen LogP contribution in [0.25, 0.3) is 128 Å². The zero-order chi connectivity index (χ0) is 96.5. The number of ether oxygens (including phenoxy) is 2. The molecule has 716 valence electrons. The number of nitrogens with two attached hydrogens (primary N) is 5. The molecule has 16 N–H and O–H groups in total. The summed E-state index contributed by atoms with van der Waals surface area (Å²) in [5, 5.41) is 31.2. The highest BCUT2D eigenvalue weighted by Crippen LogP contribution is 2.49. The van der Waals surface area contributed by atoms with Crippen LogP contribution in [0.1, 0.15) is 90.2 Å². The zero-order valence-corrected chi connectivity index (χ0v) is 85.9. The summed E-state index contributed by atoms with van der Waals surface area (Å²) >= 11 is 11.6. The number of carbonyl (C=O) groups is 2. The number of aliphatic hydroxyl groups is 1. The van der Waals surface area contributed by atoms with Crippen molar-refractivity contribution in [2.45, 2.75) is 109 Å². The van der Waals surface area contributed by atoms with Crippen molar-refractivity contribution >= 4 is 217 Å². The van der Waals surface area contributed by atoms with Gasteiger partial charge in [-0.1, -0.05) is 126 Å². The second-order valence-electron chi connectivity index (χ2n) is 30.7. The van der Waals surface area contributed by atoms with Crippen LogP contribution in [0, 0.1) is 0 Å². The van der Waals surface area contributed by atoms with Crippen molar-refractivity contribution < 1.29 is 59.9 Å². The summed E-state index contributed by atoms with van der Waals surface area (Å²) in [5.41, 5.74) is 46.2. The minimum atomic E-state index is -4.52. The number of thiophene rings is 4. The molecule has 136 heavy (non-hydrogen) atoms. The van der Waals surface area contributed by atoms with E-state index in [-0.39, 0.29) is 38.3 Å². The van der Waals surface area contributed by atoms with Crippen molar-refractivity contribution in [3.8, 4) is 98.8 Å². The Balaban J connectivity index is 0.000000154. The van der Waals surface area contributed by atoms with Gasteiger partial charge in [0.2, 0.25) is 5.91 Å². The second kappa shape index (κ2) is 50.0. The SMILES string of the molecule is CCCCS(=O)c1sc2nc(-c3nccs3)cc(-c3ccc(CNC(=O)CN(C)C)cc3)c2c1N.CCCCS(=O)c1sc2nc(-c3nccs3)cc(-c3ccc(CNC(=O)NCCO)cc3)c2c1N.CCCCS(=O)c1sc2nc(-c3nccs3)cc(-c3ccc(OCCN)cc3)c2c1N.CCCCS(=O)c1sc2nc(-c3nccs3)cc(-c3ccc(OCCOP(=O)(O)O)cc3)c2c1N. The van der Waals surface area contributed by atoms with E-state index in [1.54, 1.807) is 36.9 Å². The number of likely N-dealkylation sites (N-methyl/N-ethyl adjacent to an activating group) is 1. The number of nitrogens with zero attached hydrogens (tertiary/aromatic N) is 9. The molecule has 4 unspecified atom stereocenters. The predicted octanol–water partition coefficient (Wildman–Crippen LogP) is 19.1. The van der Waals surface area contributed by atoms with Crippen LogP contribution in [0.3, 0.4) is 0 Å². The van der Waals surface area contributed by atoms with Gasteiger partial charge in [-0.3, -0.25) is 26.2 Å². The summed E-state index contributed by atoms with van der Waals surface area (Å²) in [7, 11) is -5.45. The van der Waals surface area contributed by atoms with Crippen LogP contribution < -0.4 is 54.1 Å². The number of rotatable bonds is 40. The average Bonchev–Trinajstić information content (AvgIpc) is 1.63. The second-order valence-corrected chi connectivity index (χ2v) is 46.6.